The van der Waals surface area contributed by atoms with Crippen LogP contribution in [0.5, 0.6) is 5.75 Å². The zero-order chi connectivity index (χ0) is 17.4. The molecule has 0 aliphatic carbocycles. The molecular formula is C12H10F3NO6S. The van der Waals surface area contributed by atoms with Crippen LogP contribution in [-0.2, 0) is 21.3 Å². The molecule has 0 fully saturated rings. The van der Waals surface area contributed by atoms with Gasteiger partial charge in [0.2, 0.25) is 0 Å². The minimum absolute atomic E-state index is 0.0331. The number of hydrogen-bond acceptors (Lipinski definition) is 6. The van der Waals surface area contributed by atoms with Gasteiger partial charge in [-0.25, -0.2) is 4.79 Å². The Balaban J connectivity index is 2.60. The van der Waals surface area contributed by atoms with Gasteiger partial charge >= 0.3 is 21.6 Å². The van der Waals surface area contributed by atoms with Crippen molar-refractivity contribution in [1.82, 2.24) is 5.32 Å². The summed E-state index contributed by atoms with van der Waals surface area (Å²) >= 11 is 0. The minimum Gasteiger partial charge on any atom is -0.465 e. The van der Waals surface area contributed by atoms with Crippen LogP contribution < -0.4 is 9.50 Å². The number of carbonyl (C=O) groups excluding carboxylic acids is 2. The highest BCUT2D eigenvalue weighted by Gasteiger charge is 2.49. The number of ether oxygens (including phenoxy) is 1. The molecule has 1 N–H and O–H groups in total. The van der Waals surface area contributed by atoms with Gasteiger partial charge in [0, 0.05) is 17.7 Å². The summed E-state index contributed by atoms with van der Waals surface area (Å²) in [6.45, 7) is 0.0891. The standard InChI is InChI=1S/C12H10F3NO6S/c1-21-11(18)6-4-8-7(2-3-16-10(8)17)9(5-6)22-23(19,20)12(13,14)15/h4-5H,2-3H2,1H3,(H,16,17). The lowest BCUT2D eigenvalue weighted by Crippen LogP contribution is -2.34. The Labute approximate surface area is 128 Å². The number of alkyl halides is 3. The Kier molecular flexibility index (Phi) is 4.24. The third-order valence-corrected chi connectivity index (χ3v) is 3.98. The highest BCUT2D eigenvalue weighted by molar-refractivity contribution is 7.88. The van der Waals surface area contributed by atoms with Crippen molar-refractivity contribution in [3.63, 3.8) is 0 Å². The maximum absolute atomic E-state index is 12.5. The predicted octanol–water partition coefficient (Wildman–Crippen LogP) is 0.988. The van der Waals surface area contributed by atoms with Crippen LogP contribution in [0.4, 0.5) is 13.2 Å². The second-order valence-electron chi connectivity index (χ2n) is 4.48. The summed E-state index contributed by atoms with van der Waals surface area (Å²) in [4.78, 5) is 23.3. The zero-order valence-corrected chi connectivity index (χ0v) is 12.4. The van der Waals surface area contributed by atoms with E-state index >= 15 is 0 Å². The Morgan fingerprint density at radius 2 is 1.96 bits per heavy atom. The van der Waals surface area contributed by atoms with E-state index in [0.29, 0.717) is 0 Å². The first-order chi connectivity index (χ1) is 10.6. The molecule has 1 amide bonds. The summed E-state index contributed by atoms with van der Waals surface area (Å²) < 4.78 is 68.3. The van der Waals surface area contributed by atoms with Crippen LogP contribution in [0.25, 0.3) is 0 Å². The maximum Gasteiger partial charge on any atom is 0.534 e. The smallest absolute Gasteiger partial charge is 0.465 e. The normalized spacial score (nSPS) is 14.7. The van der Waals surface area contributed by atoms with Crippen molar-refractivity contribution < 1.29 is 40.1 Å². The Hall–Kier alpha value is -2.30. The molecule has 0 spiro atoms. The second kappa shape index (κ2) is 5.72. The molecule has 0 bridgehead atoms. The molecule has 0 saturated carbocycles. The summed E-state index contributed by atoms with van der Waals surface area (Å²) in [5.41, 5.74) is -6.13. The fourth-order valence-corrected chi connectivity index (χ4v) is 2.46. The van der Waals surface area contributed by atoms with E-state index in [1.54, 1.807) is 0 Å². The van der Waals surface area contributed by atoms with E-state index in [0.717, 1.165) is 19.2 Å². The molecule has 23 heavy (non-hydrogen) atoms. The maximum atomic E-state index is 12.5. The van der Waals surface area contributed by atoms with Gasteiger partial charge in [-0.3, -0.25) is 4.79 Å². The number of halogens is 3. The molecule has 2 rings (SSSR count). The summed E-state index contributed by atoms with van der Waals surface area (Å²) in [6, 6.07) is 1.90. The van der Waals surface area contributed by atoms with E-state index in [4.69, 9.17) is 0 Å². The molecule has 11 heteroatoms. The fraction of sp³-hybridized carbons (Fsp3) is 0.333. The van der Waals surface area contributed by atoms with Crippen LogP contribution >= 0.6 is 0 Å². The largest absolute Gasteiger partial charge is 0.534 e. The molecule has 0 aromatic heterocycles. The first-order valence-electron chi connectivity index (χ1n) is 6.11. The number of amides is 1. The zero-order valence-electron chi connectivity index (χ0n) is 11.6. The van der Waals surface area contributed by atoms with Gasteiger partial charge in [0.25, 0.3) is 5.91 Å². The molecule has 0 saturated heterocycles. The van der Waals surface area contributed by atoms with Gasteiger partial charge in [-0.1, -0.05) is 0 Å². The molecule has 1 aliphatic rings. The average molecular weight is 353 g/mol. The lowest BCUT2D eigenvalue weighted by Gasteiger charge is -2.20. The van der Waals surface area contributed by atoms with Gasteiger partial charge < -0.3 is 14.2 Å². The van der Waals surface area contributed by atoms with Gasteiger partial charge in [0.05, 0.1) is 12.7 Å². The molecule has 1 aromatic rings. The monoisotopic (exact) mass is 353 g/mol. The summed E-state index contributed by atoms with van der Waals surface area (Å²) in [5, 5.41) is 2.42. The molecular weight excluding hydrogens is 343 g/mol. The molecule has 1 heterocycles. The summed E-state index contributed by atoms with van der Waals surface area (Å²) in [7, 11) is -4.91. The molecule has 0 unspecified atom stereocenters. The highest BCUT2D eigenvalue weighted by atomic mass is 32.2. The number of fused-ring (bicyclic) bond motifs is 1. The molecule has 126 valence electrons. The highest BCUT2D eigenvalue weighted by Crippen LogP contribution is 2.33. The molecule has 0 radical (unpaired) electrons. The van der Waals surface area contributed by atoms with Crippen LogP contribution in [0.1, 0.15) is 26.3 Å². The SMILES string of the molecule is COC(=O)c1cc(OS(=O)(=O)C(F)(F)F)c2c(c1)C(=O)NCC2. The van der Waals surface area contributed by atoms with Crippen LogP contribution in [0.2, 0.25) is 0 Å². The number of benzene rings is 1. The number of rotatable bonds is 3. The minimum atomic E-state index is -5.93. The Morgan fingerprint density at radius 3 is 2.52 bits per heavy atom. The van der Waals surface area contributed by atoms with Gasteiger partial charge in [0.15, 0.2) is 0 Å². The number of carbonyl (C=O) groups is 2. The number of methoxy groups -OCH3 is 1. The lowest BCUT2D eigenvalue weighted by atomic mass is 9.97. The third-order valence-electron chi connectivity index (χ3n) is 3.02. The van der Waals surface area contributed by atoms with Crippen molar-refractivity contribution >= 4 is 22.0 Å². The van der Waals surface area contributed by atoms with Crippen molar-refractivity contribution in [3.05, 3.63) is 28.8 Å². The van der Waals surface area contributed by atoms with Crippen LogP contribution in [-0.4, -0.2) is 39.5 Å². The molecule has 1 aliphatic heterocycles. The van der Waals surface area contributed by atoms with Gasteiger partial charge in [-0.2, -0.15) is 21.6 Å². The molecule has 1 aromatic carbocycles. The van der Waals surface area contributed by atoms with Crippen molar-refractivity contribution in [1.29, 1.82) is 0 Å². The predicted molar refractivity (Wildman–Crippen MR) is 69.4 cm³/mol. The van der Waals surface area contributed by atoms with Crippen LogP contribution in [0.15, 0.2) is 12.1 Å². The van der Waals surface area contributed by atoms with E-state index in [1.165, 1.54) is 0 Å². The van der Waals surface area contributed by atoms with E-state index in [1.807, 2.05) is 0 Å². The number of nitrogens with one attached hydrogen (secondary N) is 1. The van der Waals surface area contributed by atoms with Crippen molar-refractivity contribution in [2.75, 3.05) is 13.7 Å². The van der Waals surface area contributed by atoms with Crippen molar-refractivity contribution in [2.24, 2.45) is 0 Å². The van der Waals surface area contributed by atoms with Crippen molar-refractivity contribution in [2.45, 2.75) is 11.9 Å². The molecule has 7 nitrogen and oxygen atoms in total. The van der Waals surface area contributed by atoms with E-state index in [9.17, 15) is 31.2 Å². The van der Waals surface area contributed by atoms with Crippen molar-refractivity contribution in [3.8, 4) is 5.75 Å². The summed E-state index contributed by atoms with van der Waals surface area (Å²) in [5.74, 6) is -2.35. The fourth-order valence-electron chi connectivity index (χ4n) is 1.98. The average Bonchev–Trinajstić information content (AvgIpc) is 2.45. The lowest BCUT2D eigenvalue weighted by molar-refractivity contribution is -0.0500. The Bertz CT molecular complexity index is 772. The second-order valence-corrected chi connectivity index (χ2v) is 6.02. The molecule has 0 atom stereocenters. The van der Waals surface area contributed by atoms with Gasteiger partial charge in [-0.05, 0) is 18.6 Å². The third kappa shape index (κ3) is 3.23. The van der Waals surface area contributed by atoms with E-state index < -0.39 is 33.3 Å². The van der Waals surface area contributed by atoms with Gasteiger partial charge in [0.1, 0.15) is 5.75 Å². The first kappa shape index (κ1) is 17.1. The summed E-state index contributed by atoms with van der Waals surface area (Å²) in [6.07, 6.45) is 0.0469. The van der Waals surface area contributed by atoms with Crippen LogP contribution in [0, 0.1) is 0 Å². The number of esters is 1. The Morgan fingerprint density at radius 1 is 1.30 bits per heavy atom. The quantitative estimate of drug-likeness (QED) is 0.494. The number of hydrogen-bond donors (Lipinski definition) is 1. The van der Waals surface area contributed by atoms with E-state index in [-0.39, 0.29) is 29.7 Å². The first-order valence-corrected chi connectivity index (χ1v) is 7.52. The topological polar surface area (TPSA) is 98.8 Å². The van der Waals surface area contributed by atoms with Gasteiger partial charge in [-0.15, -0.1) is 0 Å². The van der Waals surface area contributed by atoms with E-state index in [2.05, 4.69) is 14.2 Å². The van der Waals surface area contributed by atoms with Crippen LogP contribution in [0.3, 0.4) is 0 Å².